The van der Waals surface area contributed by atoms with Gasteiger partial charge in [0.15, 0.2) is 0 Å². The summed E-state index contributed by atoms with van der Waals surface area (Å²) in [5, 5.41) is 26.9. The summed E-state index contributed by atoms with van der Waals surface area (Å²) >= 11 is 0. The van der Waals surface area contributed by atoms with Gasteiger partial charge >= 0.3 is 6.09 Å². The van der Waals surface area contributed by atoms with Crippen LogP contribution in [0.15, 0.2) is 22.8 Å². The molecule has 1 aromatic rings. The van der Waals surface area contributed by atoms with E-state index in [1.807, 2.05) is 13.8 Å². The molecule has 0 radical (unpaired) electrons. The van der Waals surface area contributed by atoms with Gasteiger partial charge in [-0.2, -0.15) is 0 Å². The smallest absolute Gasteiger partial charge is 0.407 e. The molecule has 2 saturated carbocycles. The average Bonchev–Trinajstić information content (AvgIpc) is 3.29. The standard InChI is InChI=1S/C24H38N2O6/c1-4-11-25-22(30)32-20-9-10-23(2)17(13-21(29)26-14-16-6-5-12-31-16)18(28)7-8-19(23)24(20,3)15-27/h5-6,12,17-20,27-28H,4,7-11,13-15H2,1-3H3,(H,25,30)(H,26,29). The minimum absolute atomic E-state index is 0.0176. The summed E-state index contributed by atoms with van der Waals surface area (Å²) in [6, 6.07) is 3.58. The van der Waals surface area contributed by atoms with Crippen LogP contribution in [0.3, 0.4) is 0 Å². The Hall–Kier alpha value is -2.06. The Morgan fingerprint density at radius 1 is 1.25 bits per heavy atom. The van der Waals surface area contributed by atoms with E-state index in [1.165, 1.54) is 0 Å². The fraction of sp³-hybridized carbons (Fsp3) is 0.750. The maximum atomic E-state index is 12.7. The summed E-state index contributed by atoms with van der Waals surface area (Å²) in [4.78, 5) is 24.9. The van der Waals surface area contributed by atoms with Crippen molar-refractivity contribution in [2.24, 2.45) is 22.7 Å². The number of hydrogen-bond donors (Lipinski definition) is 4. The van der Waals surface area contributed by atoms with Gasteiger partial charge in [-0.3, -0.25) is 4.79 Å². The third-order valence-corrected chi connectivity index (χ3v) is 7.89. The average molecular weight is 451 g/mol. The fourth-order valence-electron chi connectivity index (χ4n) is 6.05. The van der Waals surface area contributed by atoms with Crippen LogP contribution in [-0.4, -0.2) is 47.6 Å². The van der Waals surface area contributed by atoms with Crippen molar-refractivity contribution in [1.29, 1.82) is 0 Å². The van der Waals surface area contributed by atoms with Gasteiger partial charge in [0.1, 0.15) is 11.9 Å². The van der Waals surface area contributed by atoms with Gasteiger partial charge in [-0.1, -0.05) is 20.8 Å². The maximum Gasteiger partial charge on any atom is 0.407 e. The molecule has 0 bridgehead atoms. The van der Waals surface area contributed by atoms with Crippen LogP contribution in [0, 0.1) is 22.7 Å². The van der Waals surface area contributed by atoms with Crippen LogP contribution in [0.1, 0.15) is 65.1 Å². The lowest BCUT2D eigenvalue weighted by Crippen LogP contribution is -2.61. The van der Waals surface area contributed by atoms with Gasteiger partial charge in [0.25, 0.3) is 0 Å². The Kier molecular flexibility index (Phi) is 7.88. The number of furan rings is 1. The second-order valence-corrected chi connectivity index (χ2v) is 9.89. The molecule has 0 spiro atoms. The summed E-state index contributed by atoms with van der Waals surface area (Å²) in [7, 11) is 0. The highest BCUT2D eigenvalue weighted by molar-refractivity contribution is 5.76. The van der Waals surface area contributed by atoms with E-state index in [4.69, 9.17) is 9.15 Å². The van der Waals surface area contributed by atoms with Crippen molar-refractivity contribution in [3.63, 3.8) is 0 Å². The van der Waals surface area contributed by atoms with Gasteiger partial charge in [-0.15, -0.1) is 0 Å². The summed E-state index contributed by atoms with van der Waals surface area (Å²) in [5.41, 5.74) is -0.990. The molecule has 3 rings (SSSR count). The van der Waals surface area contributed by atoms with Crippen molar-refractivity contribution in [1.82, 2.24) is 10.6 Å². The lowest BCUT2D eigenvalue weighted by atomic mass is 9.46. The van der Waals surface area contributed by atoms with Gasteiger partial charge in [0.2, 0.25) is 5.91 Å². The van der Waals surface area contributed by atoms with E-state index in [0.29, 0.717) is 38.1 Å². The van der Waals surface area contributed by atoms with E-state index in [1.54, 1.807) is 18.4 Å². The van der Waals surface area contributed by atoms with Gasteiger partial charge in [0.05, 0.1) is 25.5 Å². The molecule has 32 heavy (non-hydrogen) atoms. The van der Waals surface area contributed by atoms with Crippen molar-refractivity contribution < 1.29 is 29.0 Å². The zero-order valence-electron chi connectivity index (χ0n) is 19.4. The fourth-order valence-corrected chi connectivity index (χ4v) is 6.05. The van der Waals surface area contributed by atoms with E-state index in [-0.39, 0.29) is 36.2 Å². The molecule has 8 heteroatoms. The van der Waals surface area contributed by atoms with Crippen LogP contribution in [0.4, 0.5) is 4.79 Å². The molecule has 2 aliphatic rings. The number of amides is 2. The second kappa shape index (κ2) is 10.3. The number of alkyl carbamates (subject to hydrolysis) is 1. The lowest BCUT2D eigenvalue weighted by molar-refractivity contribution is -0.186. The molecule has 4 N–H and O–H groups in total. The van der Waals surface area contributed by atoms with Crippen LogP contribution in [0.5, 0.6) is 0 Å². The monoisotopic (exact) mass is 450 g/mol. The number of rotatable bonds is 8. The second-order valence-electron chi connectivity index (χ2n) is 9.89. The number of nitrogens with one attached hydrogen (secondary N) is 2. The van der Waals surface area contributed by atoms with Crippen molar-refractivity contribution in [2.75, 3.05) is 13.2 Å². The van der Waals surface area contributed by atoms with Gasteiger partial charge < -0.3 is 30.0 Å². The Morgan fingerprint density at radius 2 is 2.03 bits per heavy atom. The number of aliphatic hydroxyl groups excluding tert-OH is 2. The van der Waals surface area contributed by atoms with Crippen molar-refractivity contribution in [3.8, 4) is 0 Å². The highest BCUT2D eigenvalue weighted by atomic mass is 16.6. The van der Waals surface area contributed by atoms with Gasteiger partial charge in [-0.05, 0) is 61.5 Å². The predicted molar refractivity (Wildman–Crippen MR) is 118 cm³/mol. The molecule has 6 unspecified atom stereocenters. The van der Waals surface area contributed by atoms with E-state index in [2.05, 4.69) is 17.6 Å². The molecule has 1 heterocycles. The van der Waals surface area contributed by atoms with Crippen LogP contribution < -0.4 is 10.6 Å². The topological polar surface area (TPSA) is 121 Å². The minimum atomic E-state index is -0.639. The molecular formula is C24H38N2O6. The Bertz CT molecular complexity index is 769. The normalized spacial score (nSPS) is 34.4. The summed E-state index contributed by atoms with van der Waals surface area (Å²) in [6.45, 7) is 6.80. The third-order valence-electron chi connectivity index (χ3n) is 7.89. The number of fused-ring (bicyclic) bond motifs is 1. The number of carbonyl (C=O) groups is 2. The molecular weight excluding hydrogens is 412 g/mol. The minimum Gasteiger partial charge on any atom is -0.467 e. The van der Waals surface area contributed by atoms with E-state index in [9.17, 15) is 19.8 Å². The number of aliphatic hydroxyl groups is 2. The molecule has 1 aromatic heterocycles. The van der Waals surface area contributed by atoms with Crippen molar-refractivity contribution >= 4 is 12.0 Å². The highest BCUT2D eigenvalue weighted by Crippen LogP contribution is 2.61. The molecule has 2 amide bonds. The summed E-state index contributed by atoms with van der Waals surface area (Å²) < 4.78 is 11.0. The molecule has 0 aliphatic heterocycles. The maximum absolute atomic E-state index is 12.7. The molecule has 2 fully saturated rings. The first-order chi connectivity index (χ1) is 15.2. The van der Waals surface area contributed by atoms with Crippen molar-refractivity contribution in [2.45, 2.75) is 78.0 Å². The summed E-state index contributed by atoms with van der Waals surface area (Å²) in [6.07, 6.45) is 3.72. The molecule has 8 nitrogen and oxygen atoms in total. The van der Waals surface area contributed by atoms with E-state index >= 15 is 0 Å². The molecule has 0 saturated heterocycles. The first-order valence-corrected chi connectivity index (χ1v) is 11.8. The SMILES string of the molecule is CCCNC(=O)OC1CCC2(C)C(CC(=O)NCc3ccco3)C(O)CCC2C1(C)CO. The Morgan fingerprint density at radius 3 is 2.69 bits per heavy atom. The molecule has 180 valence electrons. The first-order valence-electron chi connectivity index (χ1n) is 11.8. The summed E-state index contributed by atoms with van der Waals surface area (Å²) in [5.74, 6) is 0.330. The van der Waals surface area contributed by atoms with Gasteiger partial charge in [0, 0.05) is 18.4 Å². The Balaban J connectivity index is 1.72. The lowest BCUT2D eigenvalue weighted by Gasteiger charge is -2.60. The van der Waals surface area contributed by atoms with E-state index in [0.717, 1.165) is 12.8 Å². The predicted octanol–water partition coefficient (Wildman–Crippen LogP) is 2.98. The number of carbonyl (C=O) groups excluding carboxylic acids is 2. The number of hydrogen-bond acceptors (Lipinski definition) is 6. The first kappa shape index (κ1) is 24.6. The van der Waals surface area contributed by atoms with Crippen molar-refractivity contribution in [3.05, 3.63) is 24.2 Å². The highest BCUT2D eigenvalue weighted by Gasteiger charge is 2.60. The third kappa shape index (κ3) is 4.96. The molecule has 2 aliphatic carbocycles. The zero-order chi connectivity index (χ0) is 23.4. The van der Waals surface area contributed by atoms with Crippen LogP contribution in [0.2, 0.25) is 0 Å². The van der Waals surface area contributed by atoms with Crippen LogP contribution in [-0.2, 0) is 16.1 Å². The molecule has 6 atom stereocenters. The Labute approximate surface area is 190 Å². The number of ether oxygens (including phenoxy) is 1. The van der Waals surface area contributed by atoms with Gasteiger partial charge in [-0.25, -0.2) is 4.79 Å². The quantitative estimate of drug-likeness (QED) is 0.483. The largest absolute Gasteiger partial charge is 0.467 e. The van der Waals surface area contributed by atoms with Crippen LogP contribution >= 0.6 is 0 Å². The van der Waals surface area contributed by atoms with Crippen LogP contribution in [0.25, 0.3) is 0 Å². The molecule has 0 aromatic carbocycles. The zero-order valence-corrected chi connectivity index (χ0v) is 19.4. The van der Waals surface area contributed by atoms with E-state index < -0.39 is 23.7 Å².